The van der Waals surface area contributed by atoms with Gasteiger partial charge in [0, 0.05) is 29.6 Å². The molecule has 0 saturated carbocycles. The summed E-state index contributed by atoms with van der Waals surface area (Å²) in [4.78, 5) is 19.0. The van der Waals surface area contributed by atoms with E-state index in [2.05, 4.69) is 15.3 Å². The van der Waals surface area contributed by atoms with Gasteiger partial charge in [0.25, 0.3) is 0 Å². The normalized spacial score (nSPS) is 11.1. The number of methoxy groups -OCH3 is 1. The van der Waals surface area contributed by atoms with Crippen molar-refractivity contribution in [2.45, 2.75) is 5.22 Å². The largest absolute Gasteiger partial charge is 0.492 e. The second-order valence-corrected chi connectivity index (χ2v) is 8.08. The molecule has 158 valence electrons. The van der Waals surface area contributed by atoms with Crippen LogP contribution in [0.2, 0.25) is 0 Å². The number of urea groups is 1. The number of carbonyl (C=O) groups is 1. The molecule has 0 fully saturated rings. The van der Waals surface area contributed by atoms with E-state index >= 15 is 0 Å². The third kappa shape index (κ3) is 5.06. The van der Waals surface area contributed by atoms with Crippen LogP contribution in [0.4, 0.5) is 4.79 Å². The molecule has 0 aliphatic carbocycles. The summed E-state index contributed by atoms with van der Waals surface area (Å²) in [6.07, 6.45) is 2.55. The summed E-state index contributed by atoms with van der Waals surface area (Å²) in [5, 5.41) is 2.03. The molecule has 10 nitrogen and oxygen atoms in total. The molecule has 2 amide bonds. The maximum atomic E-state index is 12.0. The molecule has 30 heavy (non-hydrogen) atoms. The van der Waals surface area contributed by atoms with E-state index in [9.17, 15) is 13.2 Å². The Morgan fingerprint density at radius 1 is 1.17 bits per heavy atom. The maximum Gasteiger partial charge on any atom is 0.315 e. The highest BCUT2D eigenvalue weighted by atomic mass is 32.2. The van der Waals surface area contributed by atoms with Crippen molar-refractivity contribution in [2.75, 3.05) is 26.5 Å². The minimum absolute atomic E-state index is 0.242. The first kappa shape index (κ1) is 21.1. The second-order valence-electron chi connectivity index (χ2n) is 6.18. The Balaban J connectivity index is 1.90. The highest BCUT2D eigenvalue weighted by Crippen LogP contribution is 2.34. The number of nitrogens with one attached hydrogen (secondary N) is 1. The number of amides is 2. The van der Waals surface area contributed by atoms with Gasteiger partial charge in [-0.2, -0.15) is 4.98 Å². The summed E-state index contributed by atoms with van der Waals surface area (Å²) in [6.45, 7) is 0.511. The van der Waals surface area contributed by atoms with Crippen LogP contribution in [0.15, 0.2) is 52.2 Å². The van der Waals surface area contributed by atoms with E-state index in [4.69, 9.17) is 19.6 Å². The second kappa shape index (κ2) is 8.82. The predicted octanol–water partition coefficient (Wildman–Crippen LogP) is 1.86. The third-order valence-electron chi connectivity index (χ3n) is 3.93. The standard InChI is InChI=1S/C19H20N4O6S/c1-27-15-8-5-13(11-22-15)16-17(29-19(23-16)30(2,25)26)12-3-6-14(7-4-12)28-10-9-21-18(20)24/h3-8,11H,9-10H2,1-2H3,(H3,20,21,24). The highest BCUT2D eigenvalue weighted by molar-refractivity contribution is 7.90. The smallest absolute Gasteiger partial charge is 0.315 e. The van der Waals surface area contributed by atoms with Crippen molar-refractivity contribution in [1.82, 2.24) is 15.3 Å². The first-order valence-electron chi connectivity index (χ1n) is 8.76. The van der Waals surface area contributed by atoms with Gasteiger partial charge in [0.15, 0.2) is 5.76 Å². The van der Waals surface area contributed by atoms with Crippen molar-refractivity contribution in [2.24, 2.45) is 5.73 Å². The van der Waals surface area contributed by atoms with Crippen LogP contribution in [0.5, 0.6) is 11.6 Å². The molecule has 2 heterocycles. The average molecular weight is 432 g/mol. The van der Waals surface area contributed by atoms with E-state index in [1.165, 1.54) is 13.3 Å². The number of nitrogens with two attached hydrogens (primary N) is 1. The van der Waals surface area contributed by atoms with Crippen LogP contribution in [-0.4, -0.2) is 50.9 Å². The Morgan fingerprint density at radius 2 is 1.87 bits per heavy atom. The number of aromatic nitrogens is 2. The molecule has 11 heteroatoms. The summed E-state index contributed by atoms with van der Waals surface area (Å²) >= 11 is 0. The van der Waals surface area contributed by atoms with E-state index < -0.39 is 15.9 Å². The van der Waals surface area contributed by atoms with Gasteiger partial charge in [-0.1, -0.05) is 0 Å². The van der Waals surface area contributed by atoms with Crippen molar-refractivity contribution in [3.8, 4) is 34.2 Å². The van der Waals surface area contributed by atoms with E-state index in [-0.39, 0.29) is 24.1 Å². The molecular formula is C19H20N4O6S. The number of ether oxygens (including phenoxy) is 2. The molecule has 0 spiro atoms. The van der Waals surface area contributed by atoms with Gasteiger partial charge in [0.1, 0.15) is 18.1 Å². The van der Waals surface area contributed by atoms with Crippen molar-refractivity contribution >= 4 is 15.9 Å². The Bertz CT molecular complexity index is 1120. The molecule has 0 bridgehead atoms. The maximum absolute atomic E-state index is 12.0. The zero-order chi connectivity index (χ0) is 21.7. The Kier molecular flexibility index (Phi) is 6.21. The van der Waals surface area contributed by atoms with Crippen LogP contribution >= 0.6 is 0 Å². The van der Waals surface area contributed by atoms with Gasteiger partial charge in [-0.25, -0.2) is 18.2 Å². The van der Waals surface area contributed by atoms with E-state index in [0.717, 1.165) is 6.26 Å². The van der Waals surface area contributed by atoms with Gasteiger partial charge >= 0.3 is 11.3 Å². The lowest BCUT2D eigenvalue weighted by Gasteiger charge is -2.07. The Labute approximate surface area is 173 Å². The number of primary amides is 1. The van der Waals surface area contributed by atoms with E-state index in [1.807, 2.05) is 0 Å². The lowest BCUT2D eigenvalue weighted by atomic mass is 10.1. The molecule has 2 aromatic heterocycles. The van der Waals surface area contributed by atoms with Crippen molar-refractivity contribution in [3.63, 3.8) is 0 Å². The number of benzene rings is 1. The molecule has 3 aromatic rings. The average Bonchev–Trinajstić information content (AvgIpc) is 3.17. The van der Waals surface area contributed by atoms with Gasteiger partial charge in [0.05, 0.1) is 13.7 Å². The van der Waals surface area contributed by atoms with E-state index in [0.29, 0.717) is 28.5 Å². The number of carbonyl (C=O) groups excluding carboxylic acids is 1. The van der Waals surface area contributed by atoms with Crippen LogP contribution < -0.4 is 20.5 Å². The van der Waals surface area contributed by atoms with Crippen molar-refractivity contribution in [1.29, 1.82) is 0 Å². The van der Waals surface area contributed by atoms with Crippen LogP contribution in [0.3, 0.4) is 0 Å². The molecule has 3 rings (SSSR count). The Hall–Kier alpha value is -3.60. The summed E-state index contributed by atoms with van der Waals surface area (Å²) in [6, 6.07) is 9.54. The zero-order valence-electron chi connectivity index (χ0n) is 16.3. The van der Waals surface area contributed by atoms with Gasteiger partial charge in [-0.3, -0.25) is 0 Å². The minimum atomic E-state index is -3.66. The Morgan fingerprint density at radius 3 is 2.43 bits per heavy atom. The third-order valence-corrected chi connectivity index (χ3v) is 4.74. The molecule has 0 saturated heterocycles. The van der Waals surface area contributed by atoms with Crippen molar-refractivity contribution in [3.05, 3.63) is 42.6 Å². The van der Waals surface area contributed by atoms with Crippen LogP contribution in [0.25, 0.3) is 22.6 Å². The van der Waals surface area contributed by atoms with Crippen LogP contribution in [0.1, 0.15) is 0 Å². The quantitative estimate of drug-likeness (QED) is 0.513. The lowest BCUT2D eigenvalue weighted by molar-refractivity contribution is 0.244. The fourth-order valence-corrected chi connectivity index (χ4v) is 3.03. The summed E-state index contributed by atoms with van der Waals surface area (Å²) in [7, 11) is -2.16. The first-order valence-corrected chi connectivity index (χ1v) is 10.6. The fourth-order valence-electron chi connectivity index (χ4n) is 2.54. The number of hydrogen-bond donors (Lipinski definition) is 2. The summed E-state index contributed by atoms with van der Waals surface area (Å²) in [5.41, 5.74) is 6.50. The molecule has 0 unspecified atom stereocenters. The summed E-state index contributed by atoms with van der Waals surface area (Å²) < 4.78 is 40.1. The number of pyridine rings is 1. The topological polar surface area (TPSA) is 147 Å². The molecule has 3 N–H and O–H groups in total. The highest BCUT2D eigenvalue weighted by Gasteiger charge is 2.23. The molecule has 0 aliphatic heterocycles. The molecular weight excluding hydrogens is 412 g/mol. The van der Waals surface area contributed by atoms with Gasteiger partial charge in [0.2, 0.25) is 15.7 Å². The van der Waals surface area contributed by atoms with Crippen LogP contribution in [-0.2, 0) is 9.84 Å². The molecule has 0 aliphatic rings. The minimum Gasteiger partial charge on any atom is -0.492 e. The van der Waals surface area contributed by atoms with Gasteiger partial charge in [-0.15, -0.1) is 0 Å². The van der Waals surface area contributed by atoms with Gasteiger partial charge < -0.3 is 24.9 Å². The van der Waals surface area contributed by atoms with Gasteiger partial charge in [-0.05, 0) is 30.3 Å². The van der Waals surface area contributed by atoms with Crippen molar-refractivity contribution < 1.29 is 27.1 Å². The lowest BCUT2D eigenvalue weighted by Crippen LogP contribution is -2.32. The molecule has 1 aromatic carbocycles. The SMILES string of the molecule is COc1ccc(-c2nc(S(C)(=O)=O)oc2-c2ccc(OCCNC(N)=O)cc2)cn1. The number of rotatable bonds is 8. The number of nitrogens with zero attached hydrogens (tertiary/aromatic N) is 2. The fraction of sp³-hybridized carbons (Fsp3) is 0.211. The monoisotopic (exact) mass is 432 g/mol. The number of sulfone groups is 1. The van der Waals surface area contributed by atoms with Crippen LogP contribution in [0, 0.1) is 0 Å². The predicted molar refractivity (Wildman–Crippen MR) is 108 cm³/mol. The summed E-state index contributed by atoms with van der Waals surface area (Å²) in [5.74, 6) is 1.25. The number of hydrogen-bond acceptors (Lipinski definition) is 8. The van der Waals surface area contributed by atoms with E-state index in [1.54, 1.807) is 36.4 Å². The number of oxazole rings is 1. The first-order chi connectivity index (χ1) is 14.3. The molecule has 0 atom stereocenters. The molecule has 0 radical (unpaired) electrons. The zero-order valence-corrected chi connectivity index (χ0v) is 17.1.